The van der Waals surface area contributed by atoms with Gasteiger partial charge in [0.2, 0.25) is 0 Å². The molecule has 14 heavy (non-hydrogen) atoms. The average molecular weight is 213 g/mol. The van der Waals surface area contributed by atoms with Crippen LogP contribution in [0.25, 0.3) is 0 Å². The van der Waals surface area contributed by atoms with Crippen molar-refractivity contribution in [1.29, 1.82) is 0 Å². The Morgan fingerprint density at radius 2 is 2.00 bits per heavy atom. The van der Waals surface area contributed by atoms with Crippen molar-refractivity contribution in [1.82, 2.24) is 0 Å². The molecule has 1 aromatic carbocycles. The van der Waals surface area contributed by atoms with Gasteiger partial charge in [0.05, 0.1) is 4.75 Å². The second-order valence-electron chi connectivity index (χ2n) is 3.56. The number of halogens is 1. The normalized spacial score (nSPS) is 21.3. The van der Waals surface area contributed by atoms with Crippen LogP contribution in [0.1, 0.15) is 24.8 Å². The first-order valence-electron chi connectivity index (χ1n) is 4.51. The van der Waals surface area contributed by atoms with E-state index in [1.54, 1.807) is 18.2 Å². The smallest absolute Gasteiger partial charge is 0.127 e. The minimum atomic E-state index is -2.23. The molecular weight excluding hydrogens is 203 g/mol. The summed E-state index contributed by atoms with van der Waals surface area (Å²) < 4.78 is 34.6. The number of hydrogen-bond donors (Lipinski definition) is 0. The van der Waals surface area contributed by atoms with Crippen molar-refractivity contribution < 1.29 is 13.2 Å². The van der Waals surface area contributed by atoms with Crippen LogP contribution in [0.15, 0.2) is 24.3 Å². The Labute approximate surface area is 84.4 Å². The quantitative estimate of drug-likeness (QED) is 0.706. The molecular formula is C10H10FO2S-. The third kappa shape index (κ3) is 1.29. The van der Waals surface area contributed by atoms with E-state index < -0.39 is 21.6 Å². The minimum Gasteiger partial charge on any atom is -0.772 e. The molecule has 1 aliphatic carbocycles. The molecule has 2 rings (SSSR count). The predicted molar refractivity (Wildman–Crippen MR) is 50.8 cm³/mol. The first kappa shape index (κ1) is 9.80. The van der Waals surface area contributed by atoms with E-state index in [0.29, 0.717) is 18.4 Å². The molecule has 1 aliphatic rings. The molecule has 4 heteroatoms. The van der Waals surface area contributed by atoms with Crippen molar-refractivity contribution in [3.63, 3.8) is 0 Å². The number of rotatable bonds is 2. The third-order valence-corrected chi connectivity index (χ3v) is 4.11. The summed E-state index contributed by atoms with van der Waals surface area (Å²) in [6.45, 7) is 0. The summed E-state index contributed by atoms with van der Waals surface area (Å²) in [5, 5.41) is 0. The molecule has 0 radical (unpaired) electrons. The lowest BCUT2D eigenvalue weighted by molar-refractivity contribution is 0.323. The molecule has 0 spiro atoms. The molecule has 0 aliphatic heterocycles. The van der Waals surface area contributed by atoms with E-state index in [1.165, 1.54) is 6.07 Å². The summed E-state index contributed by atoms with van der Waals surface area (Å²) in [5.74, 6) is -0.420. The molecule has 1 aromatic rings. The zero-order valence-corrected chi connectivity index (χ0v) is 8.35. The van der Waals surface area contributed by atoms with E-state index >= 15 is 0 Å². The van der Waals surface area contributed by atoms with E-state index in [2.05, 4.69) is 0 Å². The molecule has 0 aromatic heterocycles. The van der Waals surface area contributed by atoms with Crippen molar-refractivity contribution in [2.75, 3.05) is 0 Å². The van der Waals surface area contributed by atoms with Crippen LogP contribution in [0.2, 0.25) is 0 Å². The third-order valence-electron chi connectivity index (χ3n) is 2.84. The van der Waals surface area contributed by atoms with Gasteiger partial charge in [-0.1, -0.05) is 18.2 Å². The zero-order valence-electron chi connectivity index (χ0n) is 7.53. The molecule has 2 nitrogen and oxygen atoms in total. The molecule has 0 N–H and O–H groups in total. The largest absolute Gasteiger partial charge is 0.772 e. The predicted octanol–water partition coefficient (Wildman–Crippen LogP) is 2.08. The van der Waals surface area contributed by atoms with Gasteiger partial charge in [-0.05, 0) is 36.4 Å². The van der Waals surface area contributed by atoms with Crippen molar-refractivity contribution in [3.05, 3.63) is 35.6 Å². The first-order valence-corrected chi connectivity index (χ1v) is 5.59. The van der Waals surface area contributed by atoms with Gasteiger partial charge in [-0.2, -0.15) is 0 Å². The fraction of sp³-hybridized carbons (Fsp3) is 0.400. The van der Waals surface area contributed by atoms with Crippen LogP contribution in [0.4, 0.5) is 4.39 Å². The van der Waals surface area contributed by atoms with Gasteiger partial charge in [-0.15, -0.1) is 0 Å². The van der Waals surface area contributed by atoms with E-state index in [-0.39, 0.29) is 0 Å². The molecule has 0 saturated heterocycles. The SMILES string of the molecule is O=S([O-])C1(c2ccccc2F)CCC1. The van der Waals surface area contributed by atoms with Crippen LogP contribution < -0.4 is 0 Å². The molecule has 1 fully saturated rings. The van der Waals surface area contributed by atoms with Crippen LogP contribution in [-0.2, 0) is 15.8 Å². The first-order chi connectivity index (χ1) is 6.67. The van der Waals surface area contributed by atoms with Gasteiger partial charge in [0.25, 0.3) is 0 Å². The van der Waals surface area contributed by atoms with Crippen LogP contribution in [0.3, 0.4) is 0 Å². The van der Waals surface area contributed by atoms with Gasteiger partial charge in [0.15, 0.2) is 0 Å². The maximum Gasteiger partial charge on any atom is 0.127 e. The van der Waals surface area contributed by atoms with Crippen molar-refractivity contribution >= 4 is 11.1 Å². The van der Waals surface area contributed by atoms with Crippen LogP contribution >= 0.6 is 0 Å². The van der Waals surface area contributed by atoms with Gasteiger partial charge >= 0.3 is 0 Å². The highest BCUT2D eigenvalue weighted by molar-refractivity contribution is 7.80. The Morgan fingerprint density at radius 1 is 1.36 bits per heavy atom. The lowest BCUT2D eigenvalue weighted by atomic mass is 9.78. The minimum absolute atomic E-state index is 0.319. The summed E-state index contributed by atoms with van der Waals surface area (Å²) in [6, 6.07) is 6.11. The molecule has 0 bridgehead atoms. The second kappa shape index (κ2) is 3.44. The van der Waals surface area contributed by atoms with E-state index in [1.807, 2.05) is 0 Å². The molecule has 0 heterocycles. The summed E-state index contributed by atoms with van der Waals surface area (Å²) in [4.78, 5) is 0. The van der Waals surface area contributed by atoms with Crippen LogP contribution in [-0.4, -0.2) is 8.76 Å². The fourth-order valence-corrected chi connectivity index (χ4v) is 2.82. The van der Waals surface area contributed by atoms with Crippen LogP contribution in [0.5, 0.6) is 0 Å². The Hall–Kier alpha value is -0.740. The van der Waals surface area contributed by atoms with Crippen molar-refractivity contribution in [2.45, 2.75) is 24.0 Å². The summed E-state index contributed by atoms with van der Waals surface area (Å²) in [5.41, 5.74) is 0.319. The maximum atomic E-state index is 13.4. The van der Waals surface area contributed by atoms with E-state index in [9.17, 15) is 13.2 Å². The van der Waals surface area contributed by atoms with Gasteiger partial charge in [0, 0.05) is 5.56 Å². The second-order valence-corrected chi connectivity index (χ2v) is 4.81. The topological polar surface area (TPSA) is 40.1 Å². The number of benzene rings is 1. The fourth-order valence-electron chi connectivity index (χ4n) is 1.85. The van der Waals surface area contributed by atoms with Gasteiger partial charge in [-0.3, -0.25) is 4.21 Å². The molecule has 1 unspecified atom stereocenters. The van der Waals surface area contributed by atoms with Crippen LogP contribution in [0, 0.1) is 5.82 Å². The molecule has 0 amide bonds. The van der Waals surface area contributed by atoms with Gasteiger partial charge < -0.3 is 4.55 Å². The molecule has 1 atom stereocenters. The van der Waals surface area contributed by atoms with Crippen molar-refractivity contribution in [3.8, 4) is 0 Å². The number of hydrogen-bond acceptors (Lipinski definition) is 2. The molecule has 1 saturated carbocycles. The standard InChI is InChI=1S/C10H11FO2S/c11-9-5-2-1-4-8(9)10(14(12)13)6-3-7-10/h1-2,4-5H,3,6-7H2,(H,12,13)/p-1. The Morgan fingerprint density at radius 3 is 2.43 bits per heavy atom. The Bertz CT molecular complexity index is 374. The van der Waals surface area contributed by atoms with Gasteiger partial charge in [0.1, 0.15) is 5.82 Å². The highest BCUT2D eigenvalue weighted by atomic mass is 32.2. The maximum absolute atomic E-state index is 13.4. The van der Waals surface area contributed by atoms with E-state index in [4.69, 9.17) is 0 Å². The Kier molecular flexibility index (Phi) is 2.41. The summed E-state index contributed by atoms with van der Waals surface area (Å²) in [6.07, 6.45) is 1.91. The Balaban J connectivity index is 2.47. The lowest BCUT2D eigenvalue weighted by Gasteiger charge is -2.43. The van der Waals surface area contributed by atoms with Crippen molar-refractivity contribution in [2.24, 2.45) is 0 Å². The highest BCUT2D eigenvalue weighted by Gasteiger charge is 2.41. The monoisotopic (exact) mass is 213 g/mol. The highest BCUT2D eigenvalue weighted by Crippen LogP contribution is 2.46. The zero-order chi connectivity index (χ0) is 10.2. The van der Waals surface area contributed by atoms with E-state index in [0.717, 1.165) is 6.42 Å². The van der Waals surface area contributed by atoms with Gasteiger partial charge in [-0.25, -0.2) is 4.39 Å². The average Bonchev–Trinajstić information content (AvgIpc) is 2.05. The summed E-state index contributed by atoms with van der Waals surface area (Å²) in [7, 11) is 0. The lowest BCUT2D eigenvalue weighted by Crippen LogP contribution is -2.39. The summed E-state index contributed by atoms with van der Waals surface area (Å²) >= 11 is -2.23. The molecule has 76 valence electrons.